The second kappa shape index (κ2) is 11.3. The van der Waals surface area contributed by atoms with Gasteiger partial charge >= 0.3 is 0 Å². The van der Waals surface area contributed by atoms with Gasteiger partial charge in [-0.15, -0.1) is 0 Å². The van der Waals surface area contributed by atoms with Crippen LogP contribution in [-0.4, -0.2) is 65.4 Å². The molecule has 204 valence electrons. The molecule has 0 aromatic heterocycles. The van der Waals surface area contributed by atoms with Gasteiger partial charge in [0.1, 0.15) is 24.6 Å². The van der Waals surface area contributed by atoms with Crippen LogP contribution in [0.15, 0.2) is 36.4 Å². The van der Waals surface area contributed by atoms with Gasteiger partial charge in [0.05, 0.1) is 25.0 Å². The van der Waals surface area contributed by atoms with Crippen molar-refractivity contribution in [3.8, 4) is 11.5 Å². The van der Waals surface area contributed by atoms with Crippen LogP contribution in [0.1, 0.15) is 66.5 Å². The zero-order valence-corrected chi connectivity index (χ0v) is 24.4. The zero-order chi connectivity index (χ0) is 28.3. The smallest absolute Gasteiger partial charge is 0.209 e. The van der Waals surface area contributed by atoms with E-state index in [2.05, 4.69) is 88.8 Å². The van der Waals surface area contributed by atoms with Crippen LogP contribution in [0.2, 0.25) is 0 Å². The molecule has 0 fully saturated rings. The number of ether oxygens (including phenoxy) is 2. The third-order valence-corrected chi connectivity index (χ3v) is 7.59. The highest BCUT2D eigenvalue weighted by Gasteiger charge is 2.43. The number of rotatable bonds is 4. The summed E-state index contributed by atoms with van der Waals surface area (Å²) in [7, 11) is -1.73. The van der Waals surface area contributed by atoms with Crippen LogP contribution in [-0.2, 0) is 21.2 Å². The lowest BCUT2D eigenvalue weighted by molar-refractivity contribution is -0.434. The first-order valence-electron chi connectivity index (χ1n) is 12.3. The van der Waals surface area contributed by atoms with Crippen molar-refractivity contribution in [2.75, 3.05) is 27.3 Å². The van der Waals surface area contributed by atoms with E-state index in [1.807, 2.05) is 12.1 Å². The summed E-state index contributed by atoms with van der Waals surface area (Å²) in [5.41, 5.74) is 8.44. The highest BCUT2D eigenvalue weighted by atomic mass is 32.3. The Kier molecular flexibility index (Phi) is 9.33. The van der Waals surface area contributed by atoms with E-state index in [0.29, 0.717) is 0 Å². The molecule has 0 saturated heterocycles. The number of methoxy groups -OCH3 is 2. The largest absolute Gasteiger partial charge is 0.759 e. The summed E-state index contributed by atoms with van der Waals surface area (Å²) in [4.78, 5) is 0. The van der Waals surface area contributed by atoms with E-state index in [-0.39, 0.29) is 10.8 Å². The average molecular weight is 533 g/mol. The molecule has 4 rings (SSSR count). The molecule has 0 bridgehead atoms. The fourth-order valence-electron chi connectivity index (χ4n) is 5.00. The monoisotopic (exact) mass is 532 g/mol. The average Bonchev–Trinajstić information content (AvgIpc) is 3.15. The summed E-state index contributed by atoms with van der Waals surface area (Å²) in [6.07, 6.45) is 0. The lowest BCUT2D eigenvalue weighted by Gasteiger charge is -2.15. The molecular weight excluding hydrogens is 492 g/mol. The molecule has 0 radical (unpaired) electrons. The first kappa shape index (κ1) is 30.5. The van der Waals surface area contributed by atoms with Crippen LogP contribution in [0.5, 0.6) is 11.5 Å². The highest BCUT2D eigenvalue weighted by molar-refractivity contribution is 7.79. The molecule has 0 saturated carbocycles. The Morgan fingerprint density at radius 1 is 0.730 bits per heavy atom. The molecule has 2 heterocycles. The molecule has 2 aliphatic heterocycles. The Hall–Kier alpha value is -2.75. The van der Waals surface area contributed by atoms with Gasteiger partial charge in [0, 0.05) is 47.5 Å². The second-order valence-corrected chi connectivity index (χ2v) is 10.9. The first-order chi connectivity index (χ1) is 17.0. The number of hydrogen-bond acceptors (Lipinski definition) is 6. The van der Waals surface area contributed by atoms with E-state index in [1.54, 1.807) is 14.2 Å². The molecule has 2 aromatic rings. The van der Waals surface area contributed by atoms with Gasteiger partial charge in [-0.3, -0.25) is 8.42 Å². The predicted molar refractivity (Wildman–Crippen MR) is 145 cm³/mol. The Morgan fingerprint density at radius 3 is 1.27 bits per heavy atom. The van der Waals surface area contributed by atoms with E-state index in [4.69, 9.17) is 27.0 Å². The fraction of sp³-hybridized carbons (Fsp3) is 0.500. The molecule has 0 amide bonds. The molecule has 8 nitrogen and oxygen atoms in total. The van der Waals surface area contributed by atoms with Gasteiger partial charge in [-0.05, 0) is 65.8 Å². The van der Waals surface area contributed by atoms with Crippen molar-refractivity contribution in [2.24, 2.45) is 0 Å². The topological polar surface area (TPSA) is 105 Å². The van der Waals surface area contributed by atoms with E-state index < -0.39 is 10.4 Å². The molecule has 0 atom stereocenters. The Balaban J connectivity index is 0.000000221. The molecule has 2 aromatic carbocycles. The molecule has 0 aliphatic carbocycles. The van der Waals surface area contributed by atoms with E-state index >= 15 is 0 Å². The molecule has 37 heavy (non-hydrogen) atoms. The van der Waals surface area contributed by atoms with Crippen LogP contribution in [0.3, 0.4) is 0 Å². The van der Waals surface area contributed by atoms with E-state index in [0.717, 1.165) is 24.6 Å². The van der Waals surface area contributed by atoms with Crippen LogP contribution in [0.4, 0.5) is 11.4 Å². The molecule has 0 N–H and O–H groups in total. The quantitative estimate of drug-likeness (QED) is 0.316. The van der Waals surface area contributed by atoms with E-state index in [1.165, 1.54) is 33.9 Å². The van der Waals surface area contributed by atoms with Crippen molar-refractivity contribution < 1.29 is 36.1 Å². The van der Waals surface area contributed by atoms with Crippen LogP contribution in [0, 0.1) is 0 Å². The van der Waals surface area contributed by atoms with Crippen LogP contribution >= 0.6 is 0 Å². The summed E-state index contributed by atoms with van der Waals surface area (Å²) in [6.45, 7) is 20.0. The van der Waals surface area contributed by atoms with Crippen molar-refractivity contribution in [1.29, 1.82) is 0 Å². The molecule has 9 heteroatoms. The van der Waals surface area contributed by atoms with Crippen molar-refractivity contribution in [1.82, 2.24) is 0 Å². The molecule has 2 aliphatic rings. The van der Waals surface area contributed by atoms with Gasteiger partial charge in [0.25, 0.3) is 0 Å². The maximum Gasteiger partial charge on any atom is 0.209 e. The number of fused-ring (bicyclic) bond motifs is 2. The van der Waals surface area contributed by atoms with Gasteiger partial charge in [-0.2, -0.15) is 9.15 Å². The summed E-state index contributed by atoms with van der Waals surface area (Å²) >= 11 is 0. The van der Waals surface area contributed by atoms with E-state index in [9.17, 15) is 0 Å². The lowest BCUT2D eigenvalue weighted by atomic mass is 9.82. The minimum absolute atomic E-state index is 0.111. The van der Waals surface area contributed by atoms with Crippen molar-refractivity contribution in [3.63, 3.8) is 0 Å². The van der Waals surface area contributed by atoms with Crippen molar-refractivity contribution in [2.45, 2.75) is 66.2 Å². The minimum atomic E-state index is -5.17. The van der Waals surface area contributed by atoms with Gasteiger partial charge < -0.3 is 18.6 Å². The van der Waals surface area contributed by atoms with Crippen molar-refractivity contribution in [3.05, 3.63) is 47.5 Å². The van der Waals surface area contributed by atoms with Gasteiger partial charge in [-0.25, -0.2) is 0 Å². The third kappa shape index (κ3) is 6.40. The predicted octanol–water partition coefficient (Wildman–Crippen LogP) is 4.88. The summed E-state index contributed by atoms with van der Waals surface area (Å²) < 4.78 is 49.5. The summed E-state index contributed by atoms with van der Waals surface area (Å²) in [5.74, 6) is 1.88. The normalized spacial score (nSPS) is 16.8. The summed E-state index contributed by atoms with van der Waals surface area (Å²) in [5, 5.41) is 0. The van der Waals surface area contributed by atoms with Gasteiger partial charge in [0.15, 0.2) is 11.4 Å². The maximum atomic E-state index is 8.52. The lowest BCUT2D eigenvalue weighted by Crippen LogP contribution is -2.26. The molecular formula is C28H40N2O6S. The third-order valence-electron chi connectivity index (χ3n) is 7.59. The SMILES string of the molecule is CC[N+]1=C(C)C(C)(C)c2cc(OC)ccc21.CC[N+]1=C(C)C(C)(C)c2cc(OC)ccc21.O=S(=O)([O-])[O-]. The number of benzene rings is 2. The number of hydrogen-bond donors (Lipinski definition) is 0. The summed E-state index contributed by atoms with van der Waals surface area (Å²) in [6, 6.07) is 12.7. The minimum Gasteiger partial charge on any atom is -0.759 e. The molecule has 0 spiro atoms. The first-order valence-corrected chi connectivity index (χ1v) is 13.6. The highest BCUT2D eigenvalue weighted by Crippen LogP contribution is 2.42. The van der Waals surface area contributed by atoms with Crippen LogP contribution < -0.4 is 9.47 Å². The Bertz CT molecular complexity index is 1230. The Morgan fingerprint density at radius 2 is 1.03 bits per heavy atom. The van der Waals surface area contributed by atoms with Gasteiger partial charge in [-0.1, -0.05) is 0 Å². The maximum absolute atomic E-state index is 8.52. The van der Waals surface area contributed by atoms with Gasteiger partial charge in [0.2, 0.25) is 11.4 Å². The number of nitrogens with zero attached hydrogens (tertiary/aromatic N) is 2. The zero-order valence-electron chi connectivity index (χ0n) is 23.6. The van der Waals surface area contributed by atoms with Crippen molar-refractivity contribution >= 4 is 33.2 Å². The molecule has 0 unspecified atom stereocenters. The Labute approximate surface area is 221 Å². The second-order valence-electron chi connectivity index (χ2n) is 10.1. The standard InChI is InChI=1S/2C14H20NO.H2O4S/c2*1-6-15-10(2)14(3,4)12-9-11(16-5)7-8-13(12)15;1-5(2,3)4/h2*7-9H,6H2,1-5H3;(H2,1,2,3,4)/q2*+1;/p-2. The fourth-order valence-corrected chi connectivity index (χ4v) is 5.00. The van der Waals surface area contributed by atoms with Crippen LogP contribution in [0.25, 0.3) is 0 Å².